The van der Waals surface area contributed by atoms with E-state index in [0.717, 1.165) is 5.75 Å². The van der Waals surface area contributed by atoms with Crippen LogP contribution in [0.5, 0.6) is 5.75 Å². The molecule has 1 aromatic rings. The first-order valence-electron chi connectivity index (χ1n) is 9.08. The summed E-state index contributed by atoms with van der Waals surface area (Å²) in [4.78, 5) is 0. The predicted molar refractivity (Wildman–Crippen MR) is 93.0 cm³/mol. The van der Waals surface area contributed by atoms with Crippen molar-refractivity contribution in [3.63, 3.8) is 0 Å². The van der Waals surface area contributed by atoms with E-state index in [0.29, 0.717) is 6.10 Å². The van der Waals surface area contributed by atoms with E-state index >= 15 is 0 Å². The molecule has 0 radical (unpaired) electrons. The van der Waals surface area contributed by atoms with Crippen molar-refractivity contribution in [2.24, 2.45) is 0 Å². The standard InChI is InChI=1S/C20H34O/c1-3-5-7-8-9-10-12-16-19(15-6-4-2)21-20-17-13-11-14-18-20/h11,13-14,17-19H,3-10,12,15-16H2,1-2H3. The maximum atomic E-state index is 6.16. The average molecular weight is 290 g/mol. The highest BCUT2D eigenvalue weighted by atomic mass is 16.5. The highest BCUT2D eigenvalue weighted by Gasteiger charge is 2.09. The molecule has 0 bridgehead atoms. The number of hydrogen-bond donors (Lipinski definition) is 0. The van der Waals surface area contributed by atoms with Crippen molar-refractivity contribution < 1.29 is 4.74 Å². The second-order valence-electron chi connectivity index (χ2n) is 6.11. The van der Waals surface area contributed by atoms with E-state index in [9.17, 15) is 0 Å². The molecule has 1 aromatic carbocycles. The molecule has 0 aliphatic rings. The molecule has 120 valence electrons. The van der Waals surface area contributed by atoms with E-state index in [1.807, 2.05) is 6.07 Å². The van der Waals surface area contributed by atoms with Gasteiger partial charge in [-0.15, -0.1) is 0 Å². The molecule has 0 amide bonds. The Morgan fingerprint density at radius 1 is 0.714 bits per heavy atom. The predicted octanol–water partition coefficient (Wildman–Crippen LogP) is 6.76. The van der Waals surface area contributed by atoms with Gasteiger partial charge in [0, 0.05) is 0 Å². The van der Waals surface area contributed by atoms with Crippen LogP contribution >= 0.6 is 0 Å². The van der Waals surface area contributed by atoms with Crippen LogP contribution in [0.3, 0.4) is 0 Å². The van der Waals surface area contributed by atoms with Gasteiger partial charge in [-0.1, -0.05) is 83.4 Å². The Morgan fingerprint density at radius 2 is 1.29 bits per heavy atom. The zero-order chi connectivity index (χ0) is 15.2. The van der Waals surface area contributed by atoms with Crippen molar-refractivity contribution in [2.75, 3.05) is 0 Å². The van der Waals surface area contributed by atoms with Gasteiger partial charge in [0.05, 0.1) is 6.10 Å². The van der Waals surface area contributed by atoms with Crippen molar-refractivity contribution in [2.45, 2.75) is 90.6 Å². The highest BCUT2D eigenvalue weighted by Crippen LogP contribution is 2.19. The average Bonchev–Trinajstić information content (AvgIpc) is 2.52. The van der Waals surface area contributed by atoms with Gasteiger partial charge in [0.2, 0.25) is 0 Å². The van der Waals surface area contributed by atoms with Gasteiger partial charge in [-0.3, -0.25) is 0 Å². The maximum absolute atomic E-state index is 6.16. The Bertz CT molecular complexity index is 320. The number of ether oxygens (including phenoxy) is 1. The van der Waals surface area contributed by atoms with Gasteiger partial charge >= 0.3 is 0 Å². The topological polar surface area (TPSA) is 9.23 Å². The second kappa shape index (κ2) is 12.7. The summed E-state index contributed by atoms with van der Waals surface area (Å²) in [6, 6.07) is 10.3. The quantitative estimate of drug-likeness (QED) is 0.364. The molecule has 21 heavy (non-hydrogen) atoms. The van der Waals surface area contributed by atoms with E-state index in [-0.39, 0.29) is 0 Å². The highest BCUT2D eigenvalue weighted by molar-refractivity contribution is 5.21. The first-order chi connectivity index (χ1) is 10.4. The van der Waals surface area contributed by atoms with Crippen LogP contribution in [0.25, 0.3) is 0 Å². The summed E-state index contributed by atoms with van der Waals surface area (Å²) in [7, 11) is 0. The second-order valence-corrected chi connectivity index (χ2v) is 6.11. The summed E-state index contributed by atoms with van der Waals surface area (Å²) in [5.41, 5.74) is 0. The zero-order valence-electron chi connectivity index (χ0n) is 14.2. The summed E-state index contributed by atoms with van der Waals surface area (Å²) in [5, 5.41) is 0. The van der Waals surface area contributed by atoms with Crippen LogP contribution in [0.1, 0.15) is 84.5 Å². The molecule has 1 atom stereocenters. The van der Waals surface area contributed by atoms with E-state index in [2.05, 4.69) is 38.1 Å². The van der Waals surface area contributed by atoms with Crippen molar-refractivity contribution >= 4 is 0 Å². The Hall–Kier alpha value is -0.980. The first kappa shape index (κ1) is 18.1. The van der Waals surface area contributed by atoms with Crippen LogP contribution in [0.15, 0.2) is 30.3 Å². The van der Waals surface area contributed by atoms with Crippen molar-refractivity contribution in [1.82, 2.24) is 0 Å². The smallest absolute Gasteiger partial charge is 0.119 e. The van der Waals surface area contributed by atoms with Gasteiger partial charge in [0.15, 0.2) is 0 Å². The molecule has 0 aromatic heterocycles. The molecular weight excluding hydrogens is 256 g/mol. The molecule has 0 heterocycles. The molecule has 1 rings (SSSR count). The lowest BCUT2D eigenvalue weighted by Gasteiger charge is -2.19. The monoisotopic (exact) mass is 290 g/mol. The lowest BCUT2D eigenvalue weighted by Crippen LogP contribution is -2.16. The molecule has 0 fully saturated rings. The molecule has 0 saturated carbocycles. The number of hydrogen-bond acceptors (Lipinski definition) is 1. The van der Waals surface area contributed by atoms with E-state index in [4.69, 9.17) is 4.74 Å². The van der Waals surface area contributed by atoms with Gasteiger partial charge in [0.1, 0.15) is 5.75 Å². The van der Waals surface area contributed by atoms with Crippen LogP contribution in [0.4, 0.5) is 0 Å². The van der Waals surface area contributed by atoms with E-state index in [1.165, 1.54) is 70.6 Å². The number of para-hydroxylation sites is 1. The third kappa shape index (κ3) is 9.55. The number of unbranched alkanes of at least 4 members (excludes halogenated alkanes) is 7. The SMILES string of the molecule is CCCCCCCCCC(CCCC)Oc1ccccc1. The van der Waals surface area contributed by atoms with Gasteiger partial charge in [-0.25, -0.2) is 0 Å². The van der Waals surface area contributed by atoms with Crippen LogP contribution in [0.2, 0.25) is 0 Å². The van der Waals surface area contributed by atoms with Crippen molar-refractivity contribution in [3.8, 4) is 5.75 Å². The normalized spacial score (nSPS) is 12.3. The Kier molecular flexibility index (Phi) is 11.0. The van der Waals surface area contributed by atoms with E-state index in [1.54, 1.807) is 0 Å². The minimum Gasteiger partial charge on any atom is -0.490 e. The minimum atomic E-state index is 0.406. The largest absolute Gasteiger partial charge is 0.490 e. The molecule has 1 unspecified atom stereocenters. The Balaban J connectivity index is 2.20. The van der Waals surface area contributed by atoms with Crippen LogP contribution in [-0.4, -0.2) is 6.10 Å². The lowest BCUT2D eigenvalue weighted by atomic mass is 10.0. The zero-order valence-corrected chi connectivity index (χ0v) is 14.2. The van der Waals surface area contributed by atoms with Crippen molar-refractivity contribution in [1.29, 1.82) is 0 Å². The third-order valence-electron chi connectivity index (χ3n) is 4.06. The first-order valence-corrected chi connectivity index (χ1v) is 9.08. The molecule has 0 N–H and O–H groups in total. The number of rotatable bonds is 13. The maximum Gasteiger partial charge on any atom is 0.119 e. The Morgan fingerprint density at radius 3 is 1.95 bits per heavy atom. The fourth-order valence-electron chi connectivity index (χ4n) is 2.71. The van der Waals surface area contributed by atoms with Crippen molar-refractivity contribution in [3.05, 3.63) is 30.3 Å². The fraction of sp³-hybridized carbons (Fsp3) is 0.700. The van der Waals surface area contributed by atoms with Gasteiger partial charge in [-0.05, 0) is 31.4 Å². The molecule has 1 nitrogen and oxygen atoms in total. The van der Waals surface area contributed by atoms with Crippen LogP contribution in [0, 0.1) is 0 Å². The van der Waals surface area contributed by atoms with E-state index < -0.39 is 0 Å². The van der Waals surface area contributed by atoms with Crippen LogP contribution < -0.4 is 4.74 Å². The summed E-state index contributed by atoms with van der Waals surface area (Å²) in [6.45, 7) is 4.53. The summed E-state index contributed by atoms with van der Waals surface area (Å²) >= 11 is 0. The summed E-state index contributed by atoms with van der Waals surface area (Å²) < 4.78 is 6.16. The molecular formula is C20H34O. The van der Waals surface area contributed by atoms with Crippen LogP contribution in [-0.2, 0) is 0 Å². The third-order valence-corrected chi connectivity index (χ3v) is 4.06. The number of benzene rings is 1. The minimum absolute atomic E-state index is 0.406. The molecule has 0 aliphatic heterocycles. The molecule has 0 saturated heterocycles. The summed E-state index contributed by atoms with van der Waals surface area (Å²) in [5.74, 6) is 1.03. The molecule has 1 heteroatoms. The molecule has 0 aliphatic carbocycles. The molecule has 0 spiro atoms. The summed E-state index contributed by atoms with van der Waals surface area (Å²) in [6.07, 6.45) is 15.0. The lowest BCUT2D eigenvalue weighted by molar-refractivity contribution is 0.173. The van der Waals surface area contributed by atoms with Gasteiger partial charge < -0.3 is 4.74 Å². The fourth-order valence-corrected chi connectivity index (χ4v) is 2.71. The van der Waals surface area contributed by atoms with Gasteiger partial charge in [-0.2, -0.15) is 0 Å². The van der Waals surface area contributed by atoms with Gasteiger partial charge in [0.25, 0.3) is 0 Å². The Labute approximate surface area is 132 Å².